The quantitative estimate of drug-likeness (QED) is 0.772. The van der Waals surface area contributed by atoms with Crippen LogP contribution in [0.5, 0.6) is 11.5 Å². The molecule has 1 aliphatic heterocycles. The van der Waals surface area contributed by atoms with Crippen molar-refractivity contribution in [1.29, 1.82) is 0 Å². The SMILES string of the molecule is COc1cc(Br)c(S(=O)(=O)NCC2COC(C)(C)O2)cc1OC. The van der Waals surface area contributed by atoms with Crippen LogP contribution in [0.4, 0.5) is 0 Å². The Morgan fingerprint density at radius 1 is 1.30 bits per heavy atom. The van der Waals surface area contributed by atoms with Crippen molar-refractivity contribution in [3.8, 4) is 11.5 Å². The summed E-state index contributed by atoms with van der Waals surface area (Å²) in [7, 11) is -0.813. The van der Waals surface area contributed by atoms with Crippen LogP contribution in [0.25, 0.3) is 0 Å². The Bertz CT molecular complexity index is 676. The second kappa shape index (κ2) is 6.94. The fourth-order valence-electron chi connectivity index (χ4n) is 2.19. The minimum Gasteiger partial charge on any atom is -0.493 e. The second-order valence-corrected chi connectivity index (χ2v) is 8.03. The Kier molecular flexibility index (Phi) is 5.57. The average molecular weight is 410 g/mol. The van der Waals surface area contributed by atoms with Gasteiger partial charge in [0.25, 0.3) is 0 Å². The van der Waals surface area contributed by atoms with Gasteiger partial charge in [0.15, 0.2) is 17.3 Å². The first-order chi connectivity index (χ1) is 10.7. The summed E-state index contributed by atoms with van der Waals surface area (Å²) < 4.78 is 49.2. The number of ether oxygens (including phenoxy) is 4. The smallest absolute Gasteiger partial charge is 0.241 e. The molecule has 0 bridgehead atoms. The van der Waals surface area contributed by atoms with Gasteiger partial charge in [-0.25, -0.2) is 13.1 Å². The number of nitrogens with one attached hydrogen (secondary N) is 1. The van der Waals surface area contributed by atoms with E-state index in [0.29, 0.717) is 22.6 Å². The Morgan fingerprint density at radius 3 is 2.43 bits per heavy atom. The lowest BCUT2D eigenvalue weighted by molar-refractivity contribution is -0.137. The van der Waals surface area contributed by atoms with Crippen LogP contribution in [-0.2, 0) is 19.5 Å². The third-order valence-corrected chi connectivity index (χ3v) is 5.68. The van der Waals surface area contributed by atoms with Gasteiger partial charge in [0.05, 0.1) is 26.9 Å². The van der Waals surface area contributed by atoms with Gasteiger partial charge in [-0.2, -0.15) is 0 Å². The van der Waals surface area contributed by atoms with Gasteiger partial charge < -0.3 is 18.9 Å². The Morgan fingerprint density at radius 2 is 1.91 bits per heavy atom. The number of methoxy groups -OCH3 is 2. The lowest BCUT2D eigenvalue weighted by atomic mass is 10.3. The van der Waals surface area contributed by atoms with E-state index in [1.807, 2.05) is 0 Å². The van der Waals surface area contributed by atoms with Crippen molar-refractivity contribution in [2.24, 2.45) is 0 Å². The molecule has 0 saturated carbocycles. The van der Waals surface area contributed by atoms with Gasteiger partial charge in [-0.1, -0.05) is 0 Å². The summed E-state index contributed by atoms with van der Waals surface area (Å²) in [5, 5.41) is 0. The topological polar surface area (TPSA) is 83.1 Å². The first kappa shape index (κ1) is 18.5. The molecule has 1 saturated heterocycles. The summed E-state index contributed by atoms with van der Waals surface area (Å²) in [4.78, 5) is 0.0633. The highest BCUT2D eigenvalue weighted by molar-refractivity contribution is 9.10. The van der Waals surface area contributed by atoms with Crippen molar-refractivity contribution >= 4 is 26.0 Å². The predicted octanol–water partition coefficient (Wildman–Crippen LogP) is 1.90. The van der Waals surface area contributed by atoms with E-state index < -0.39 is 15.8 Å². The number of halogens is 1. The van der Waals surface area contributed by atoms with Gasteiger partial charge in [0.2, 0.25) is 10.0 Å². The zero-order chi connectivity index (χ0) is 17.3. The van der Waals surface area contributed by atoms with Crippen molar-refractivity contribution in [2.75, 3.05) is 27.4 Å². The van der Waals surface area contributed by atoms with Gasteiger partial charge in [-0.3, -0.25) is 0 Å². The molecule has 23 heavy (non-hydrogen) atoms. The number of benzene rings is 1. The van der Waals surface area contributed by atoms with Crippen LogP contribution < -0.4 is 14.2 Å². The van der Waals surface area contributed by atoms with Gasteiger partial charge in [0, 0.05) is 17.1 Å². The molecule has 1 aromatic rings. The van der Waals surface area contributed by atoms with Crippen LogP contribution in [0.15, 0.2) is 21.5 Å². The van der Waals surface area contributed by atoms with Crippen LogP contribution in [0.2, 0.25) is 0 Å². The fourth-order valence-corrected chi connectivity index (χ4v) is 4.29. The van der Waals surface area contributed by atoms with Crippen LogP contribution in [0, 0.1) is 0 Å². The highest BCUT2D eigenvalue weighted by atomic mass is 79.9. The second-order valence-electron chi connectivity index (χ2n) is 5.44. The standard InChI is InChI=1S/C14H20BrNO6S/c1-14(2)21-8-9(22-14)7-16-23(17,18)13-6-12(20-4)11(19-3)5-10(13)15/h5-6,9,16H,7-8H2,1-4H3. The van der Waals surface area contributed by atoms with E-state index in [1.165, 1.54) is 20.3 Å². The maximum absolute atomic E-state index is 12.5. The van der Waals surface area contributed by atoms with Crippen molar-refractivity contribution in [3.05, 3.63) is 16.6 Å². The van der Waals surface area contributed by atoms with E-state index in [-0.39, 0.29) is 17.5 Å². The van der Waals surface area contributed by atoms with Gasteiger partial charge in [0.1, 0.15) is 4.90 Å². The van der Waals surface area contributed by atoms with E-state index in [0.717, 1.165) is 0 Å². The van der Waals surface area contributed by atoms with Crippen LogP contribution >= 0.6 is 15.9 Å². The summed E-state index contributed by atoms with van der Waals surface area (Å²) in [6, 6.07) is 2.95. The number of rotatable bonds is 6. The highest BCUT2D eigenvalue weighted by Crippen LogP contribution is 2.35. The lowest BCUT2D eigenvalue weighted by Crippen LogP contribution is -2.34. The van der Waals surface area contributed by atoms with E-state index in [1.54, 1.807) is 19.9 Å². The van der Waals surface area contributed by atoms with E-state index in [2.05, 4.69) is 20.7 Å². The Hall–Kier alpha value is -0.870. The highest BCUT2D eigenvalue weighted by Gasteiger charge is 2.33. The molecular weight excluding hydrogens is 390 g/mol. The molecule has 1 aliphatic rings. The molecule has 0 aromatic heterocycles. The minimum absolute atomic E-state index is 0.0633. The molecule has 9 heteroatoms. The number of hydrogen-bond donors (Lipinski definition) is 1. The first-order valence-corrected chi connectivity index (χ1v) is 9.19. The molecule has 1 aromatic carbocycles. The molecular formula is C14H20BrNO6S. The Balaban J connectivity index is 2.16. The zero-order valence-corrected chi connectivity index (χ0v) is 15.8. The van der Waals surface area contributed by atoms with E-state index in [4.69, 9.17) is 18.9 Å². The third kappa shape index (κ3) is 4.36. The van der Waals surface area contributed by atoms with Crippen molar-refractivity contribution < 1.29 is 27.4 Å². The van der Waals surface area contributed by atoms with Crippen LogP contribution in [0.3, 0.4) is 0 Å². The van der Waals surface area contributed by atoms with E-state index >= 15 is 0 Å². The fraction of sp³-hybridized carbons (Fsp3) is 0.571. The zero-order valence-electron chi connectivity index (χ0n) is 13.4. The third-order valence-electron chi connectivity index (χ3n) is 3.30. The predicted molar refractivity (Wildman–Crippen MR) is 87.3 cm³/mol. The lowest BCUT2D eigenvalue weighted by Gasteiger charge is -2.17. The molecule has 1 atom stereocenters. The number of hydrogen-bond acceptors (Lipinski definition) is 6. The molecule has 1 unspecified atom stereocenters. The molecule has 0 spiro atoms. The monoisotopic (exact) mass is 409 g/mol. The molecule has 0 aliphatic carbocycles. The molecule has 0 amide bonds. The maximum atomic E-state index is 12.5. The largest absolute Gasteiger partial charge is 0.493 e. The van der Waals surface area contributed by atoms with E-state index in [9.17, 15) is 8.42 Å². The normalized spacial score (nSPS) is 20.5. The first-order valence-electron chi connectivity index (χ1n) is 6.91. The number of sulfonamides is 1. The summed E-state index contributed by atoms with van der Waals surface area (Å²) in [5.41, 5.74) is 0. The molecule has 7 nitrogen and oxygen atoms in total. The molecule has 0 radical (unpaired) electrons. The molecule has 1 heterocycles. The van der Waals surface area contributed by atoms with Gasteiger partial charge in [-0.05, 0) is 35.8 Å². The van der Waals surface area contributed by atoms with Crippen molar-refractivity contribution in [2.45, 2.75) is 30.6 Å². The molecule has 1 fully saturated rings. The van der Waals surface area contributed by atoms with Crippen molar-refractivity contribution in [3.63, 3.8) is 0 Å². The van der Waals surface area contributed by atoms with Gasteiger partial charge >= 0.3 is 0 Å². The molecule has 1 N–H and O–H groups in total. The minimum atomic E-state index is -3.74. The summed E-state index contributed by atoms with van der Waals surface area (Å²) in [6.45, 7) is 4.02. The molecule has 2 rings (SSSR count). The van der Waals surface area contributed by atoms with Crippen molar-refractivity contribution in [1.82, 2.24) is 4.72 Å². The summed E-state index contributed by atoms with van der Waals surface area (Å²) in [5.74, 6) is 0.0743. The molecule has 130 valence electrons. The maximum Gasteiger partial charge on any atom is 0.241 e. The van der Waals surface area contributed by atoms with Crippen LogP contribution in [-0.4, -0.2) is 47.7 Å². The Labute approximate surface area is 144 Å². The van der Waals surface area contributed by atoms with Gasteiger partial charge in [-0.15, -0.1) is 0 Å². The summed E-state index contributed by atoms with van der Waals surface area (Å²) >= 11 is 3.25. The summed E-state index contributed by atoms with van der Waals surface area (Å²) in [6.07, 6.45) is -0.335. The van der Waals surface area contributed by atoms with Crippen LogP contribution in [0.1, 0.15) is 13.8 Å². The average Bonchev–Trinajstić information content (AvgIpc) is 2.84.